The number of hydrogen-bond acceptors (Lipinski definition) is 4. The van der Waals surface area contributed by atoms with E-state index in [1.165, 1.54) is 6.07 Å². The van der Waals surface area contributed by atoms with Gasteiger partial charge in [0.1, 0.15) is 11.2 Å². The largest absolute Gasteiger partial charge is 0.433 e. The molecular formula is C18H23F3N4O2. The maximum absolute atomic E-state index is 13.0. The molecule has 148 valence electrons. The second-order valence-corrected chi connectivity index (χ2v) is 6.86. The van der Waals surface area contributed by atoms with Crippen LogP contribution in [0, 0.1) is 0 Å². The van der Waals surface area contributed by atoms with Crippen molar-refractivity contribution < 1.29 is 23.1 Å². The van der Waals surface area contributed by atoms with Crippen molar-refractivity contribution >= 4 is 23.0 Å². The fraction of sp³-hybridized carbons (Fsp3) is 0.611. The molecule has 6 nitrogen and oxygen atoms in total. The Bertz CT molecular complexity index is 800. The van der Waals surface area contributed by atoms with Gasteiger partial charge in [-0.1, -0.05) is 12.8 Å². The molecule has 3 rings (SSSR count). The summed E-state index contributed by atoms with van der Waals surface area (Å²) in [6, 6.07) is 2.21. The van der Waals surface area contributed by atoms with Gasteiger partial charge < -0.3 is 5.11 Å². The van der Waals surface area contributed by atoms with Crippen LogP contribution in [-0.4, -0.2) is 32.2 Å². The predicted molar refractivity (Wildman–Crippen MR) is 94.2 cm³/mol. The summed E-state index contributed by atoms with van der Waals surface area (Å²) in [6.45, 7) is 0.143. The van der Waals surface area contributed by atoms with E-state index < -0.39 is 11.9 Å². The maximum Gasteiger partial charge on any atom is 0.433 e. The highest BCUT2D eigenvalue weighted by atomic mass is 19.4. The number of aliphatic hydroxyl groups excluding tert-OH is 1. The highest BCUT2D eigenvalue weighted by molar-refractivity contribution is 5.91. The van der Waals surface area contributed by atoms with E-state index in [2.05, 4.69) is 15.3 Å². The maximum atomic E-state index is 13.0. The third-order valence-corrected chi connectivity index (χ3v) is 4.83. The smallest absolute Gasteiger partial charge is 0.396 e. The lowest BCUT2D eigenvalue weighted by Crippen LogP contribution is -2.22. The average Bonchev–Trinajstić information content (AvgIpc) is 2.89. The first kappa shape index (κ1) is 19.6. The average molecular weight is 384 g/mol. The lowest BCUT2D eigenvalue weighted by atomic mass is 9.93. The van der Waals surface area contributed by atoms with Crippen LogP contribution >= 0.6 is 0 Å². The van der Waals surface area contributed by atoms with Crippen molar-refractivity contribution in [3.05, 3.63) is 17.8 Å². The SMILES string of the molecule is O=C(CCCCCCO)Nc1nc2ccc(C(F)(F)F)nc2n1C1CCC1. The van der Waals surface area contributed by atoms with Gasteiger partial charge in [0.25, 0.3) is 0 Å². The van der Waals surface area contributed by atoms with E-state index in [-0.39, 0.29) is 30.2 Å². The molecule has 0 aromatic carbocycles. The number of nitrogens with zero attached hydrogens (tertiary/aromatic N) is 3. The van der Waals surface area contributed by atoms with Crippen LogP contribution in [0.15, 0.2) is 12.1 Å². The zero-order chi connectivity index (χ0) is 19.4. The summed E-state index contributed by atoms with van der Waals surface area (Å²) in [5.74, 6) is 0.0489. The first-order chi connectivity index (χ1) is 12.9. The Hall–Kier alpha value is -2.16. The van der Waals surface area contributed by atoms with Crippen molar-refractivity contribution in [2.24, 2.45) is 0 Å². The second-order valence-electron chi connectivity index (χ2n) is 6.86. The summed E-state index contributed by atoms with van der Waals surface area (Å²) in [5.41, 5.74) is -0.460. The van der Waals surface area contributed by atoms with E-state index in [9.17, 15) is 18.0 Å². The van der Waals surface area contributed by atoms with Gasteiger partial charge in [0, 0.05) is 19.1 Å². The van der Waals surface area contributed by atoms with Crippen molar-refractivity contribution in [1.29, 1.82) is 0 Å². The minimum Gasteiger partial charge on any atom is -0.396 e. The number of carbonyl (C=O) groups is 1. The summed E-state index contributed by atoms with van der Waals surface area (Å²) in [5, 5.41) is 11.5. The molecule has 0 aliphatic heterocycles. The van der Waals surface area contributed by atoms with Crippen LogP contribution in [0.3, 0.4) is 0 Å². The van der Waals surface area contributed by atoms with E-state index in [0.717, 1.165) is 38.2 Å². The molecule has 9 heteroatoms. The molecule has 1 saturated carbocycles. The lowest BCUT2D eigenvalue weighted by molar-refractivity contribution is -0.141. The van der Waals surface area contributed by atoms with Crippen molar-refractivity contribution in [2.45, 2.75) is 63.6 Å². The molecule has 27 heavy (non-hydrogen) atoms. The number of anilines is 1. The van der Waals surface area contributed by atoms with Gasteiger partial charge in [0.2, 0.25) is 11.9 Å². The molecule has 2 aromatic rings. The molecule has 1 amide bonds. The van der Waals surface area contributed by atoms with Gasteiger partial charge >= 0.3 is 6.18 Å². The van der Waals surface area contributed by atoms with E-state index in [4.69, 9.17) is 5.11 Å². The van der Waals surface area contributed by atoms with E-state index in [1.807, 2.05) is 0 Å². The summed E-state index contributed by atoms with van der Waals surface area (Å²) in [7, 11) is 0. The molecule has 1 aliphatic rings. The Labute approximate surface area is 154 Å². The third kappa shape index (κ3) is 4.58. The van der Waals surface area contributed by atoms with E-state index >= 15 is 0 Å². The Morgan fingerprint density at radius 2 is 1.93 bits per heavy atom. The highest BCUT2D eigenvalue weighted by Crippen LogP contribution is 2.37. The molecule has 0 atom stereocenters. The number of carbonyl (C=O) groups excluding carboxylic acids is 1. The number of imidazole rings is 1. The minimum absolute atomic E-state index is 0.00541. The fourth-order valence-electron chi connectivity index (χ4n) is 3.15. The fourth-order valence-corrected chi connectivity index (χ4v) is 3.15. The monoisotopic (exact) mass is 384 g/mol. The summed E-state index contributed by atoms with van der Waals surface area (Å²) >= 11 is 0. The summed E-state index contributed by atoms with van der Waals surface area (Å²) in [6.07, 6.45) is 1.51. The van der Waals surface area contributed by atoms with Crippen molar-refractivity contribution in [2.75, 3.05) is 11.9 Å². The van der Waals surface area contributed by atoms with Gasteiger partial charge in [-0.3, -0.25) is 14.7 Å². The molecule has 0 unspecified atom stereocenters. The zero-order valence-corrected chi connectivity index (χ0v) is 14.9. The molecular weight excluding hydrogens is 361 g/mol. The van der Waals surface area contributed by atoms with Crippen molar-refractivity contribution in [3.63, 3.8) is 0 Å². The molecule has 2 N–H and O–H groups in total. The number of hydrogen-bond donors (Lipinski definition) is 2. The number of halogens is 3. The zero-order valence-electron chi connectivity index (χ0n) is 14.9. The van der Waals surface area contributed by atoms with Crippen LogP contribution in [0.5, 0.6) is 0 Å². The quantitative estimate of drug-likeness (QED) is 0.673. The van der Waals surface area contributed by atoms with Crippen LogP contribution in [0.4, 0.5) is 19.1 Å². The van der Waals surface area contributed by atoms with Crippen LogP contribution in [0.1, 0.15) is 63.1 Å². The first-order valence-corrected chi connectivity index (χ1v) is 9.27. The first-order valence-electron chi connectivity index (χ1n) is 9.27. The Morgan fingerprint density at radius 1 is 1.19 bits per heavy atom. The van der Waals surface area contributed by atoms with E-state index in [0.29, 0.717) is 24.8 Å². The summed E-state index contributed by atoms with van der Waals surface area (Å²) in [4.78, 5) is 20.3. The molecule has 1 fully saturated rings. The van der Waals surface area contributed by atoms with Crippen LogP contribution in [-0.2, 0) is 11.0 Å². The molecule has 1 aliphatic carbocycles. The normalized spacial score (nSPS) is 15.1. The molecule has 0 radical (unpaired) electrons. The van der Waals surface area contributed by atoms with Crippen LogP contribution < -0.4 is 5.32 Å². The number of pyridine rings is 1. The number of fused-ring (bicyclic) bond motifs is 1. The number of amides is 1. The van der Waals surface area contributed by atoms with Crippen molar-refractivity contribution in [3.8, 4) is 0 Å². The lowest BCUT2D eigenvalue weighted by Gasteiger charge is -2.28. The Morgan fingerprint density at radius 3 is 2.56 bits per heavy atom. The topological polar surface area (TPSA) is 80.0 Å². The van der Waals surface area contributed by atoms with Gasteiger partial charge in [-0.2, -0.15) is 13.2 Å². The number of aromatic nitrogens is 3. The van der Waals surface area contributed by atoms with Gasteiger partial charge in [-0.05, 0) is 44.2 Å². The standard InChI is InChI=1S/C18H23F3N4O2/c19-18(20,21)14-10-9-13-16(23-14)25(12-6-5-7-12)17(22-13)24-15(27)8-3-1-2-4-11-26/h9-10,12,26H,1-8,11H2,(H,22,24,27). The number of alkyl halides is 3. The predicted octanol–water partition coefficient (Wildman–Crippen LogP) is 4.06. The number of nitrogens with one attached hydrogen (secondary N) is 1. The number of unbranched alkanes of at least 4 members (excludes halogenated alkanes) is 3. The molecule has 0 saturated heterocycles. The third-order valence-electron chi connectivity index (χ3n) is 4.83. The Balaban J connectivity index is 1.79. The molecule has 2 heterocycles. The second kappa shape index (κ2) is 8.24. The molecule has 0 spiro atoms. The molecule has 2 aromatic heterocycles. The minimum atomic E-state index is -4.53. The van der Waals surface area contributed by atoms with Gasteiger partial charge in [-0.25, -0.2) is 9.97 Å². The van der Waals surface area contributed by atoms with E-state index in [1.54, 1.807) is 4.57 Å². The Kier molecular flexibility index (Phi) is 5.98. The highest BCUT2D eigenvalue weighted by Gasteiger charge is 2.34. The van der Waals surface area contributed by atoms with Crippen molar-refractivity contribution in [1.82, 2.24) is 14.5 Å². The van der Waals surface area contributed by atoms with Gasteiger partial charge in [0.05, 0.1) is 0 Å². The number of aliphatic hydroxyl groups is 1. The van der Waals surface area contributed by atoms with Gasteiger partial charge in [-0.15, -0.1) is 0 Å². The molecule has 0 bridgehead atoms. The summed E-state index contributed by atoms with van der Waals surface area (Å²) < 4.78 is 40.7. The van der Waals surface area contributed by atoms with Gasteiger partial charge in [0.15, 0.2) is 5.65 Å². The van der Waals surface area contributed by atoms with Crippen LogP contribution in [0.25, 0.3) is 11.2 Å². The number of rotatable bonds is 8. The van der Waals surface area contributed by atoms with Crippen LogP contribution in [0.2, 0.25) is 0 Å².